The van der Waals surface area contributed by atoms with Gasteiger partial charge in [-0.15, -0.1) is 0 Å². The molecule has 1 N–H and O–H groups in total. The minimum Gasteiger partial charge on any atom is -0.346 e. The second-order valence-electron chi connectivity index (χ2n) is 5.61. The van der Waals surface area contributed by atoms with Crippen LogP contribution in [0.15, 0.2) is 67.0 Å². The molecule has 0 bridgehead atoms. The van der Waals surface area contributed by atoms with E-state index in [1.807, 2.05) is 48.1 Å². The van der Waals surface area contributed by atoms with Crippen LogP contribution >= 0.6 is 0 Å². The summed E-state index contributed by atoms with van der Waals surface area (Å²) in [4.78, 5) is 16.7. The third-order valence-corrected chi connectivity index (χ3v) is 3.78. The van der Waals surface area contributed by atoms with Gasteiger partial charge in [-0.25, -0.2) is 9.37 Å². The van der Waals surface area contributed by atoms with Crippen molar-refractivity contribution in [2.75, 3.05) is 5.32 Å². The molecule has 2 aromatic heterocycles. The minimum absolute atomic E-state index is 0.142. The average molecular weight is 323 g/mol. The summed E-state index contributed by atoms with van der Waals surface area (Å²) in [5.41, 5.74) is 1.72. The van der Waals surface area contributed by atoms with Gasteiger partial charge in [0.05, 0.1) is 12.5 Å². The van der Waals surface area contributed by atoms with Crippen LogP contribution in [0.2, 0.25) is 0 Å². The van der Waals surface area contributed by atoms with Gasteiger partial charge in [0.25, 0.3) is 0 Å². The highest BCUT2D eigenvalue weighted by Crippen LogP contribution is 2.23. The summed E-state index contributed by atoms with van der Waals surface area (Å²) in [5, 5.41) is 2.82. The van der Waals surface area contributed by atoms with Gasteiger partial charge in [0, 0.05) is 18.1 Å². The Morgan fingerprint density at radius 3 is 2.50 bits per heavy atom. The molecule has 0 saturated heterocycles. The van der Waals surface area contributed by atoms with Gasteiger partial charge < -0.3 is 9.88 Å². The molecule has 0 spiro atoms. The van der Waals surface area contributed by atoms with Gasteiger partial charge in [-0.3, -0.25) is 4.79 Å². The Morgan fingerprint density at radius 2 is 1.83 bits per heavy atom. The fourth-order valence-electron chi connectivity index (χ4n) is 2.62. The van der Waals surface area contributed by atoms with Gasteiger partial charge in [0.2, 0.25) is 5.91 Å². The molecule has 0 aliphatic carbocycles. The van der Waals surface area contributed by atoms with E-state index in [1.54, 1.807) is 18.2 Å². The van der Waals surface area contributed by atoms with E-state index in [-0.39, 0.29) is 24.2 Å². The lowest BCUT2D eigenvalue weighted by Crippen LogP contribution is -2.20. The number of anilines is 1. The predicted octanol–water partition coefficient (Wildman–Crippen LogP) is 3.95. The first kappa shape index (κ1) is 15.9. The lowest BCUT2D eigenvalue weighted by Gasteiger charge is -2.19. The largest absolute Gasteiger partial charge is 0.346 e. The fraction of sp³-hybridized carbons (Fsp3) is 0.158. The van der Waals surface area contributed by atoms with Crippen molar-refractivity contribution in [1.82, 2.24) is 9.55 Å². The summed E-state index contributed by atoms with van der Waals surface area (Å²) in [7, 11) is 0. The molecular formula is C19H18FN3O. The van der Waals surface area contributed by atoms with Crippen molar-refractivity contribution in [1.29, 1.82) is 0 Å². The average Bonchev–Trinajstić information content (AvgIpc) is 3.08. The number of pyridine rings is 1. The van der Waals surface area contributed by atoms with Crippen LogP contribution < -0.4 is 5.32 Å². The van der Waals surface area contributed by atoms with E-state index in [0.29, 0.717) is 5.82 Å². The molecule has 24 heavy (non-hydrogen) atoms. The van der Waals surface area contributed by atoms with Gasteiger partial charge in [0.15, 0.2) is 0 Å². The number of nitrogens with one attached hydrogen (secondary N) is 1. The van der Waals surface area contributed by atoms with Crippen molar-refractivity contribution in [2.24, 2.45) is 0 Å². The van der Waals surface area contributed by atoms with Gasteiger partial charge in [-0.05, 0) is 48.9 Å². The lowest BCUT2D eigenvalue weighted by atomic mass is 10.0. The molecule has 0 aliphatic heterocycles. The number of carbonyl (C=O) groups is 1. The molecule has 1 aromatic carbocycles. The minimum atomic E-state index is -0.293. The smallest absolute Gasteiger partial charge is 0.227 e. The van der Waals surface area contributed by atoms with Crippen LogP contribution in [0.25, 0.3) is 0 Å². The number of aryl methyl sites for hydroxylation is 1. The second kappa shape index (κ2) is 7.08. The molecule has 0 fully saturated rings. The van der Waals surface area contributed by atoms with Crippen LogP contribution in [0, 0.1) is 12.7 Å². The van der Waals surface area contributed by atoms with Gasteiger partial charge in [-0.1, -0.05) is 18.2 Å². The molecule has 0 aliphatic rings. The highest BCUT2D eigenvalue weighted by atomic mass is 19.1. The number of aromatic nitrogens is 2. The van der Waals surface area contributed by atoms with Crippen molar-refractivity contribution in [3.05, 3.63) is 84.1 Å². The Morgan fingerprint density at radius 1 is 1.12 bits per heavy atom. The van der Waals surface area contributed by atoms with Crippen LogP contribution in [-0.2, 0) is 4.79 Å². The third-order valence-electron chi connectivity index (χ3n) is 3.78. The number of benzene rings is 1. The summed E-state index contributed by atoms with van der Waals surface area (Å²) < 4.78 is 15.1. The number of nitrogens with zero attached hydrogens (tertiary/aromatic N) is 2. The van der Waals surface area contributed by atoms with E-state index in [1.165, 1.54) is 12.1 Å². The van der Waals surface area contributed by atoms with Crippen molar-refractivity contribution in [3.63, 3.8) is 0 Å². The quantitative estimate of drug-likeness (QED) is 0.773. The number of carbonyl (C=O) groups excluding carboxylic acids is 1. The lowest BCUT2D eigenvalue weighted by molar-refractivity contribution is -0.116. The van der Waals surface area contributed by atoms with E-state index in [2.05, 4.69) is 10.3 Å². The number of amides is 1. The number of hydrogen-bond donors (Lipinski definition) is 1. The summed E-state index contributed by atoms with van der Waals surface area (Å²) in [6, 6.07) is 15.3. The Labute approximate surface area is 140 Å². The molecule has 4 nitrogen and oxygen atoms in total. The van der Waals surface area contributed by atoms with E-state index >= 15 is 0 Å². The first-order valence-electron chi connectivity index (χ1n) is 7.73. The van der Waals surface area contributed by atoms with Crippen LogP contribution in [0.4, 0.5) is 10.2 Å². The van der Waals surface area contributed by atoms with Gasteiger partial charge >= 0.3 is 0 Å². The maximum Gasteiger partial charge on any atom is 0.227 e. The second-order valence-corrected chi connectivity index (χ2v) is 5.61. The van der Waals surface area contributed by atoms with Crippen LogP contribution in [0.1, 0.15) is 23.7 Å². The molecule has 1 atom stereocenters. The SMILES string of the molecule is Cc1cccc(NC(=O)CC(c2ccc(F)cc2)n2cccc2)n1. The molecule has 2 heterocycles. The van der Waals surface area contributed by atoms with E-state index < -0.39 is 0 Å². The molecular weight excluding hydrogens is 305 g/mol. The van der Waals surface area contributed by atoms with E-state index in [9.17, 15) is 9.18 Å². The van der Waals surface area contributed by atoms with Crippen LogP contribution in [0.3, 0.4) is 0 Å². The summed E-state index contributed by atoms with van der Waals surface area (Å²) in [6.45, 7) is 1.87. The summed E-state index contributed by atoms with van der Waals surface area (Å²) >= 11 is 0. The monoisotopic (exact) mass is 323 g/mol. The Balaban J connectivity index is 1.79. The highest BCUT2D eigenvalue weighted by molar-refractivity contribution is 5.90. The fourth-order valence-corrected chi connectivity index (χ4v) is 2.62. The zero-order valence-electron chi connectivity index (χ0n) is 13.3. The molecule has 122 valence electrons. The van der Waals surface area contributed by atoms with Crippen molar-refractivity contribution in [3.8, 4) is 0 Å². The van der Waals surface area contributed by atoms with E-state index in [0.717, 1.165) is 11.3 Å². The molecule has 3 rings (SSSR count). The van der Waals surface area contributed by atoms with Gasteiger partial charge in [0.1, 0.15) is 11.6 Å². The van der Waals surface area contributed by atoms with Crippen molar-refractivity contribution < 1.29 is 9.18 Å². The van der Waals surface area contributed by atoms with Crippen molar-refractivity contribution in [2.45, 2.75) is 19.4 Å². The molecule has 1 unspecified atom stereocenters. The maximum absolute atomic E-state index is 13.2. The van der Waals surface area contributed by atoms with E-state index in [4.69, 9.17) is 0 Å². The Hall–Kier alpha value is -2.95. The third kappa shape index (κ3) is 3.87. The predicted molar refractivity (Wildman–Crippen MR) is 91.2 cm³/mol. The normalized spacial score (nSPS) is 11.9. The first-order valence-corrected chi connectivity index (χ1v) is 7.73. The number of halogens is 1. The zero-order chi connectivity index (χ0) is 16.9. The van der Waals surface area contributed by atoms with Crippen LogP contribution in [0.5, 0.6) is 0 Å². The summed E-state index contributed by atoms with van der Waals surface area (Å²) in [6.07, 6.45) is 4.02. The Bertz CT molecular complexity index is 813. The maximum atomic E-state index is 13.2. The zero-order valence-corrected chi connectivity index (χ0v) is 13.3. The topological polar surface area (TPSA) is 46.9 Å². The molecule has 0 saturated carbocycles. The molecule has 1 amide bonds. The number of rotatable bonds is 5. The molecule has 5 heteroatoms. The number of hydrogen-bond acceptors (Lipinski definition) is 2. The van der Waals surface area contributed by atoms with Crippen LogP contribution in [-0.4, -0.2) is 15.5 Å². The Kier molecular flexibility index (Phi) is 4.70. The standard InChI is InChI=1S/C19H18FN3O/c1-14-5-4-6-18(21-14)22-19(24)13-17(23-11-2-3-12-23)15-7-9-16(20)10-8-15/h2-12,17H,13H2,1H3,(H,21,22,24). The van der Waals surface area contributed by atoms with Crippen molar-refractivity contribution >= 4 is 11.7 Å². The highest BCUT2D eigenvalue weighted by Gasteiger charge is 2.18. The molecule has 0 radical (unpaired) electrons. The van der Waals surface area contributed by atoms with Gasteiger partial charge in [-0.2, -0.15) is 0 Å². The first-order chi connectivity index (χ1) is 11.6. The summed E-state index contributed by atoms with van der Waals surface area (Å²) in [5.74, 6) is 0.0971. The molecule has 3 aromatic rings.